The molecule has 0 N–H and O–H groups in total. The molecule has 0 spiro atoms. The van der Waals surface area contributed by atoms with E-state index in [2.05, 4.69) is 15.9 Å². The lowest BCUT2D eigenvalue weighted by Crippen LogP contribution is -2.10. The molecule has 1 aromatic heterocycles. The van der Waals surface area contributed by atoms with Crippen molar-refractivity contribution in [1.29, 1.82) is 5.26 Å². The Labute approximate surface area is 113 Å². The molecule has 1 atom stereocenters. The highest BCUT2D eigenvalue weighted by atomic mass is 79.9. The van der Waals surface area contributed by atoms with E-state index in [9.17, 15) is 4.79 Å². The predicted molar refractivity (Wildman–Crippen MR) is 70.3 cm³/mol. The predicted octanol–water partition coefficient (Wildman–Crippen LogP) is 3.84. The van der Waals surface area contributed by atoms with E-state index >= 15 is 0 Å². The maximum Gasteiger partial charge on any atom is 0.219 e. The van der Waals surface area contributed by atoms with Crippen molar-refractivity contribution in [2.75, 3.05) is 0 Å². The van der Waals surface area contributed by atoms with Crippen LogP contribution in [0.5, 0.6) is 0 Å². The summed E-state index contributed by atoms with van der Waals surface area (Å²) in [7, 11) is 0. The first-order chi connectivity index (χ1) is 8.61. The number of aryl methyl sites for hydroxylation is 1. The Kier molecular flexibility index (Phi) is 3.63. The zero-order valence-electron chi connectivity index (χ0n) is 9.68. The van der Waals surface area contributed by atoms with E-state index in [1.54, 1.807) is 43.3 Å². The van der Waals surface area contributed by atoms with Gasteiger partial charge in [0, 0.05) is 4.47 Å². The van der Waals surface area contributed by atoms with Crippen LogP contribution in [0.1, 0.15) is 27.8 Å². The molecule has 18 heavy (non-hydrogen) atoms. The molecule has 3 nitrogen and oxygen atoms in total. The largest absolute Gasteiger partial charge is 0.458 e. The smallest absolute Gasteiger partial charge is 0.219 e. The van der Waals surface area contributed by atoms with Gasteiger partial charge in [-0.1, -0.05) is 28.1 Å². The van der Waals surface area contributed by atoms with Crippen LogP contribution in [-0.2, 0) is 0 Å². The van der Waals surface area contributed by atoms with Crippen LogP contribution in [0.2, 0.25) is 0 Å². The Balaban J connectivity index is 2.32. The number of hydrogen-bond acceptors (Lipinski definition) is 3. The monoisotopic (exact) mass is 303 g/mol. The fraction of sp³-hybridized carbons (Fsp3) is 0.143. The van der Waals surface area contributed by atoms with Crippen LogP contribution in [0.25, 0.3) is 0 Å². The van der Waals surface area contributed by atoms with Gasteiger partial charge < -0.3 is 4.42 Å². The molecular formula is C14H10BrNO2. The highest BCUT2D eigenvalue weighted by Crippen LogP contribution is 2.23. The molecule has 0 fully saturated rings. The van der Waals surface area contributed by atoms with Gasteiger partial charge in [-0.05, 0) is 36.8 Å². The minimum Gasteiger partial charge on any atom is -0.458 e. The van der Waals surface area contributed by atoms with E-state index in [-0.39, 0.29) is 11.5 Å². The van der Waals surface area contributed by atoms with Gasteiger partial charge in [-0.25, -0.2) is 0 Å². The van der Waals surface area contributed by atoms with Crippen molar-refractivity contribution in [2.45, 2.75) is 12.8 Å². The quantitative estimate of drug-likeness (QED) is 0.810. The number of halogens is 1. The third-order valence-corrected chi connectivity index (χ3v) is 3.11. The van der Waals surface area contributed by atoms with Crippen LogP contribution in [0.15, 0.2) is 45.3 Å². The molecule has 0 aliphatic rings. The Bertz CT molecular complexity index is 607. The summed E-state index contributed by atoms with van der Waals surface area (Å²) in [5, 5.41) is 9.16. The summed E-state index contributed by atoms with van der Waals surface area (Å²) in [5.74, 6) is -0.260. The summed E-state index contributed by atoms with van der Waals surface area (Å²) in [5.41, 5.74) is 0.666. The minimum absolute atomic E-state index is 0.224. The summed E-state index contributed by atoms with van der Waals surface area (Å²) in [6.45, 7) is 1.76. The number of nitriles is 1. The molecule has 0 aliphatic heterocycles. The Morgan fingerprint density at radius 2 is 1.94 bits per heavy atom. The van der Waals surface area contributed by atoms with Crippen molar-refractivity contribution in [2.24, 2.45) is 0 Å². The van der Waals surface area contributed by atoms with Crippen molar-refractivity contribution < 1.29 is 9.21 Å². The summed E-state index contributed by atoms with van der Waals surface area (Å²) >= 11 is 3.32. The number of carbonyl (C=O) groups is 1. The summed E-state index contributed by atoms with van der Waals surface area (Å²) in [6, 6.07) is 12.5. The van der Waals surface area contributed by atoms with Crippen LogP contribution in [0.3, 0.4) is 0 Å². The fourth-order valence-electron chi connectivity index (χ4n) is 1.65. The highest BCUT2D eigenvalue weighted by Gasteiger charge is 2.24. The molecule has 0 radical (unpaired) electrons. The van der Waals surface area contributed by atoms with Crippen LogP contribution in [0.4, 0.5) is 0 Å². The van der Waals surface area contributed by atoms with Gasteiger partial charge in [-0.15, -0.1) is 0 Å². The molecule has 1 aromatic carbocycles. The number of furan rings is 1. The molecule has 2 rings (SSSR count). The maximum absolute atomic E-state index is 12.1. The van der Waals surface area contributed by atoms with Gasteiger partial charge in [0.25, 0.3) is 0 Å². The van der Waals surface area contributed by atoms with Crippen LogP contribution < -0.4 is 0 Å². The second-order valence-corrected chi connectivity index (χ2v) is 4.80. The summed E-state index contributed by atoms with van der Waals surface area (Å²) in [4.78, 5) is 12.1. The zero-order valence-corrected chi connectivity index (χ0v) is 11.3. The van der Waals surface area contributed by atoms with E-state index in [0.29, 0.717) is 11.3 Å². The number of hydrogen-bond donors (Lipinski definition) is 0. The normalized spacial score (nSPS) is 11.8. The van der Waals surface area contributed by atoms with Crippen molar-refractivity contribution in [3.63, 3.8) is 0 Å². The molecule has 1 heterocycles. The third kappa shape index (κ3) is 2.52. The number of carbonyl (C=O) groups excluding carboxylic acids is 1. The third-order valence-electron chi connectivity index (χ3n) is 2.58. The molecule has 0 amide bonds. The molecule has 0 saturated heterocycles. The molecule has 90 valence electrons. The Morgan fingerprint density at radius 1 is 1.28 bits per heavy atom. The first-order valence-electron chi connectivity index (χ1n) is 5.37. The number of benzene rings is 1. The van der Waals surface area contributed by atoms with Crippen molar-refractivity contribution >= 4 is 21.7 Å². The Morgan fingerprint density at radius 3 is 2.44 bits per heavy atom. The van der Waals surface area contributed by atoms with Crippen LogP contribution >= 0.6 is 15.9 Å². The number of ketones is 1. The van der Waals surface area contributed by atoms with Gasteiger partial charge in [-0.3, -0.25) is 4.79 Å². The highest BCUT2D eigenvalue weighted by molar-refractivity contribution is 9.10. The first-order valence-corrected chi connectivity index (χ1v) is 6.17. The molecule has 2 aromatic rings. The number of nitrogens with zero attached hydrogens (tertiary/aromatic N) is 1. The topological polar surface area (TPSA) is 54.0 Å². The van der Waals surface area contributed by atoms with Gasteiger partial charge >= 0.3 is 0 Å². The van der Waals surface area contributed by atoms with Crippen molar-refractivity contribution in [1.82, 2.24) is 0 Å². The van der Waals surface area contributed by atoms with Gasteiger partial charge in [0.15, 0.2) is 5.76 Å². The van der Waals surface area contributed by atoms with E-state index in [4.69, 9.17) is 9.68 Å². The lowest BCUT2D eigenvalue weighted by molar-refractivity contribution is 0.0950. The molecule has 4 heteroatoms. The van der Waals surface area contributed by atoms with Gasteiger partial charge in [0.1, 0.15) is 11.7 Å². The van der Waals surface area contributed by atoms with Crippen molar-refractivity contribution in [3.05, 3.63) is 58.0 Å². The zero-order chi connectivity index (χ0) is 13.1. The fourth-order valence-corrected chi connectivity index (χ4v) is 1.91. The molecule has 0 bridgehead atoms. The Hall–Kier alpha value is -1.86. The second-order valence-electron chi connectivity index (χ2n) is 3.89. The van der Waals surface area contributed by atoms with Gasteiger partial charge in [-0.2, -0.15) is 5.26 Å². The standard InChI is InChI=1S/C14H10BrNO2/c1-9-2-7-13(18-9)14(17)12(8-16)10-3-5-11(15)6-4-10/h2-7,12H,1H3. The van der Waals surface area contributed by atoms with Gasteiger partial charge in [0.2, 0.25) is 5.78 Å². The van der Waals surface area contributed by atoms with E-state index in [0.717, 1.165) is 4.47 Å². The second kappa shape index (κ2) is 5.19. The number of rotatable bonds is 3. The number of Topliss-reactive ketones (excluding diaryl/α,β-unsaturated/α-hetero) is 1. The van der Waals surface area contributed by atoms with E-state index < -0.39 is 5.92 Å². The molecule has 0 saturated carbocycles. The molecule has 0 aliphatic carbocycles. The van der Waals surface area contributed by atoms with Crippen LogP contribution in [0, 0.1) is 18.3 Å². The summed E-state index contributed by atoms with van der Waals surface area (Å²) in [6.07, 6.45) is 0. The van der Waals surface area contributed by atoms with Crippen LogP contribution in [-0.4, -0.2) is 5.78 Å². The lowest BCUT2D eigenvalue weighted by Gasteiger charge is -2.06. The van der Waals surface area contributed by atoms with E-state index in [1.165, 1.54) is 0 Å². The maximum atomic E-state index is 12.1. The minimum atomic E-state index is -0.830. The average Bonchev–Trinajstić information content (AvgIpc) is 2.79. The van der Waals surface area contributed by atoms with Gasteiger partial charge in [0.05, 0.1) is 6.07 Å². The molecule has 1 unspecified atom stereocenters. The SMILES string of the molecule is Cc1ccc(C(=O)C(C#N)c2ccc(Br)cc2)o1. The summed E-state index contributed by atoms with van der Waals surface area (Å²) < 4.78 is 6.17. The van der Waals surface area contributed by atoms with E-state index in [1.807, 2.05) is 6.07 Å². The first kappa shape index (κ1) is 12.6. The lowest BCUT2D eigenvalue weighted by atomic mass is 9.95. The molecular weight excluding hydrogens is 294 g/mol. The van der Waals surface area contributed by atoms with Crippen molar-refractivity contribution in [3.8, 4) is 6.07 Å². The average molecular weight is 304 g/mol.